The predicted molar refractivity (Wildman–Crippen MR) is 193 cm³/mol. The molecule has 0 aromatic heterocycles. The molecule has 1 aliphatic rings. The lowest BCUT2D eigenvalue weighted by Gasteiger charge is -2.35. The van der Waals surface area contributed by atoms with Crippen molar-refractivity contribution in [3.63, 3.8) is 0 Å². The van der Waals surface area contributed by atoms with Crippen LogP contribution < -0.4 is 9.62 Å². The Morgan fingerprint density at radius 2 is 1.52 bits per heavy atom. The van der Waals surface area contributed by atoms with Crippen LogP contribution in [0.4, 0.5) is 5.69 Å². The van der Waals surface area contributed by atoms with E-state index < -0.39 is 28.5 Å². The van der Waals surface area contributed by atoms with Crippen LogP contribution in [-0.4, -0.2) is 43.8 Å². The molecule has 0 radical (unpaired) electrons. The van der Waals surface area contributed by atoms with Crippen molar-refractivity contribution in [2.24, 2.45) is 0 Å². The number of sulfonamides is 1. The minimum Gasteiger partial charge on any atom is -0.352 e. The Hall–Kier alpha value is -3.85. The van der Waals surface area contributed by atoms with E-state index in [-0.39, 0.29) is 29.8 Å². The quantitative estimate of drug-likeness (QED) is 0.163. The summed E-state index contributed by atoms with van der Waals surface area (Å²) in [7, 11) is -4.21. The third kappa shape index (κ3) is 8.59. The highest BCUT2D eigenvalue weighted by molar-refractivity contribution is 7.92. The van der Waals surface area contributed by atoms with Crippen LogP contribution >= 0.6 is 23.2 Å². The van der Waals surface area contributed by atoms with Gasteiger partial charge in [0.2, 0.25) is 11.8 Å². The van der Waals surface area contributed by atoms with Crippen LogP contribution in [0.15, 0.2) is 95.9 Å². The van der Waals surface area contributed by atoms with Crippen molar-refractivity contribution in [3.8, 4) is 0 Å². The third-order valence-electron chi connectivity index (χ3n) is 8.85. The Labute approximate surface area is 293 Å². The normalized spacial score (nSPS) is 14.0. The van der Waals surface area contributed by atoms with Crippen molar-refractivity contribution in [1.29, 1.82) is 0 Å². The molecule has 48 heavy (non-hydrogen) atoms. The molecule has 252 valence electrons. The fraction of sp³-hybridized carbons (Fsp3) is 0.316. The number of rotatable bonds is 12. The van der Waals surface area contributed by atoms with Crippen LogP contribution in [0, 0.1) is 20.8 Å². The van der Waals surface area contributed by atoms with Crippen molar-refractivity contribution in [1.82, 2.24) is 10.2 Å². The zero-order valence-electron chi connectivity index (χ0n) is 27.5. The van der Waals surface area contributed by atoms with Gasteiger partial charge in [-0.1, -0.05) is 102 Å². The van der Waals surface area contributed by atoms with Gasteiger partial charge in [0.1, 0.15) is 12.6 Å². The Kier molecular flexibility index (Phi) is 11.5. The number of carbonyl (C=O) groups is 2. The Morgan fingerprint density at radius 1 is 0.854 bits per heavy atom. The number of nitrogens with one attached hydrogen (secondary N) is 1. The standard InChI is InChI=1S/C38H41Cl2N3O4S/c1-26-14-19-33(20-15-26)48(46,47)43(35-21-27(2)13-16-28(35)3)25-37(44)42(24-30-17-18-31(39)23-34(30)40)36(22-29-9-5-4-6-10-29)38(45)41-32-11-7-8-12-32/h4-6,9-10,13-21,23,32,36H,7-8,11-12,22,24-25H2,1-3H3,(H,41,45)/t36-/m1/s1. The van der Waals surface area contributed by atoms with E-state index in [1.807, 2.05) is 63.2 Å². The van der Waals surface area contributed by atoms with Crippen LogP contribution in [0.2, 0.25) is 10.0 Å². The lowest BCUT2D eigenvalue weighted by atomic mass is 10.0. The molecule has 7 nitrogen and oxygen atoms in total. The highest BCUT2D eigenvalue weighted by atomic mass is 35.5. The van der Waals surface area contributed by atoms with Crippen LogP contribution in [0.1, 0.15) is 53.5 Å². The fourth-order valence-electron chi connectivity index (χ4n) is 6.09. The molecule has 10 heteroatoms. The average molecular weight is 707 g/mol. The minimum absolute atomic E-state index is 0.0141. The third-order valence-corrected chi connectivity index (χ3v) is 11.2. The predicted octanol–water partition coefficient (Wildman–Crippen LogP) is 7.81. The number of hydrogen-bond donors (Lipinski definition) is 1. The lowest BCUT2D eigenvalue weighted by molar-refractivity contribution is -0.140. The number of benzene rings is 4. The van der Waals surface area contributed by atoms with Crippen molar-refractivity contribution < 1.29 is 18.0 Å². The molecule has 1 atom stereocenters. The zero-order chi connectivity index (χ0) is 34.4. The zero-order valence-corrected chi connectivity index (χ0v) is 29.8. The van der Waals surface area contributed by atoms with Gasteiger partial charge >= 0.3 is 0 Å². The maximum atomic E-state index is 14.8. The highest BCUT2D eigenvalue weighted by Gasteiger charge is 2.36. The summed E-state index contributed by atoms with van der Waals surface area (Å²) >= 11 is 12.8. The molecule has 0 bridgehead atoms. The van der Waals surface area contributed by atoms with E-state index in [1.54, 1.807) is 48.5 Å². The van der Waals surface area contributed by atoms with E-state index in [2.05, 4.69) is 5.32 Å². The minimum atomic E-state index is -4.21. The second-order valence-corrected chi connectivity index (χ2v) is 15.3. The van der Waals surface area contributed by atoms with Gasteiger partial charge < -0.3 is 10.2 Å². The SMILES string of the molecule is Cc1ccc(S(=O)(=O)N(CC(=O)N(Cc2ccc(Cl)cc2Cl)[C@H](Cc2ccccc2)C(=O)NC2CCCC2)c2cc(C)ccc2C)cc1. The Morgan fingerprint density at radius 3 is 2.19 bits per heavy atom. The lowest BCUT2D eigenvalue weighted by Crippen LogP contribution is -2.54. The first-order valence-electron chi connectivity index (χ1n) is 16.2. The van der Waals surface area contributed by atoms with Gasteiger partial charge in [0, 0.05) is 29.1 Å². The summed E-state index contributed by atoms with van der Waals surface area (Å²) in [6, 6.07) is 25.6. The van der Waals surface area contributed by atoms with Gasteiger partial charge in [0.05, 0.1) is 10.6 Å². The molecule has 0 spiro atoms. The van der Waals surface area contributed by atoms with Crippen molar-refractivity contribution >= 4 is 50.7 Å². The van der Waals surface area contributed by atoms with Gasteiger partial charge in [-0.25, -0.2) is 8.42 Å². The summed E-state index contributed by atoms with van der Waals surface area (Å²) in [6.07, 6.45) is 4.02. The van der Waals surface area contributed by atoms with Crippen LogP contribution in [0.25, 0.3) is 0 Å². The summed E-state index contributed by atoms with van der Waals surface area (Å²) in [5.74, 6) is -0.830. The molecule has 0 heterocycles. The Bertz CT molecular complexity index is 1860. The summed E-state index contributed by atoms with van der Waals surface area (Å²) in [5, 5.41) is 3.97. The second kappa shape index (κ2) is 15.6. The van der Waals surface area contributed by atoms with Crippen molar-refractivity contribution in [2.75, 3.05) is 10.8 Å². The van der Waals surface area contributed by atoms with E-state index >= 15 is 0 Å². The molecule has 1 N–H and O–H groups in total. The monoisotopic (exact) mass is 705 g/mol. The fourth-order valence-corrected chi connectivity index (χ4v) is 8.03. The summed E-state index contributed by atoms with van der Waals surface area (Å²) in [4.78, 5) is 30.5. The molecule has 4 aromatic rings. The maximum absolute atomic E-state index is 14.8. The number of amides is 2. The summed E-state index contributed by atoms with van der Waals surface area (Å²) < 4.78 is 29.9. The molecule has 1 saturated carbocycles. The van der Waals surface area contributed by atoms with Gasteiger partial charge in [0.25, 0.3) is 10.0 Å². The molecule has 2 amide bonds. The van der Waals surface area contributed by atoms with Gasteiger partial charge in [-0.2, -0.15) is 0 Å². The smallest absolute Gasteiger partial charge is 0.264 e. The molecule has 1 fully saturated rings. The van der Waals surface area contributed by atoms with E-state index in [0.717, 1.165) is 46.7 Å². The molecular formula is C38H41Cl2N3O4S. The van der Waals surface area contributed by atoms with Crippen LogP contribution in [-0.2, 0) is 32.6 Å². The first kappa shape index (κ1) is 35.5. The summed E-state index contributed by atoms with van der Waals surface area (Å²) in [6.45, 7) is 5.00. The van der Waals surface area contributed by atoms with Gasteiger partial charge in [-0.15, -0.1) is 0 Å². The van der Waals surface area contributed by atoms with E-state index in [0.29, 0.717) is 26.9 Å². The van der Waals surface area contributed by atoms with E-state index in [9.17, 15) is 18.0 Å². The molecule has 0 unspecified atom stereocenters. The number of anilines is 1. The van der Waals surface area contributed by atoms with Gasteiger partial charge in [0.15, 0.2) is 0 Å². The van der Waals surface area contributed by atoms with E-state index in [1.165, 1.54) is 4.90 Å². The maximum Gasteiger partial charge on any atom is 0.264 e. The molecule has 0 aliphatic heterocycles. The van der Waals surface area contributed by atoms with Crippen molar-refractivity contribution in [2.45, 2.75) is 76.4 Å². The van der Waals surface area contributed by atoms with Crippen molar-refractivity contribution in [3.05, 3.63) is 129 Å². The average Bonchev–Trinajstić information content (AvgIpc) is 3.57. The number of hydrogen-bond acceptors (Lipinski definition) is 4. The first-order valence-corrected chi connectivity index (χ1v) is 18.4. The van der Waals surface area contributed by atoms with Gasteiger partial charge in [-0.05, 0) is 86.2 Å². The number of carbonyl (C=O) groups excluding carboxylic acids is 2. The topological polar surface area (TPSA) is 86.8 Å². The van der Waals surface area contributed by atoms with Crippen LogP contribution in [0.5, 0.6) is 0 Å². The number of halogens is 2. The second-order valence-electron chi connectivity index (χ2n) is 12.6. The Balaban J connectivity index is 1.61. The number of aryl methyl sites for hydroxylation is 3. The van der Waals surface area contributed by atoms with Crippen LogP contribution in [0.3, 0.4) is 0 Å². The molecule has 5 rings (SSSR count). The largest absolute Gasteiger partial charge is 0.352 e. The summed E-state index contributed by atoms with van der Waals surface area (Å²) in [5.41, 5.74) is 4.28. The highest BCUT2D eigenvalue weighted by Crippen LogP contribution is 2.30. The first-order chi connectivity index (χ1) is 22.9. The van der Waals surface area contributed by atoms with Gasteiger partial charge in [-0.3, -0.25) is 13.9 Å². The molecule has 1 aliphatic carbocycles. The van der Waals surface area contributed by atoms with E-state index in [4.69, 9.17) is 23.2 Å². The number of nitrogens with zero attached hydrogens (tertiary/aromatic N) is 2. The molecular weight excluding hydrogens is 665 g/mol. The molecule has 0 saturated heterocycles. The molecule has 4 aromatic carbocycles.